The molecule has 0 aliphatic carbocycles. The predicted molar refractivity (Wildman–Crippen MR) is 53.6 cm³/mol. The van der Waals surface area contributed by atoms with Crippen molar-refractivity contribution in [2.75, 3.05) is 24.7 Å². The molecule has 13 heavy (non-hydrogen) atoms. The van der Waals surface area contributed by atoms with Gasteiger partial charge < -0.3 is 15.6 Å². The third-order valence-electron chi connectivity index (χ3n) is 1.33. The number of thioether (sulfide) groups is 1. The van der Waals surface area contributed by atoms with Crippen molar-refractivity contribution in [3.05, 3.63) is 0 Å². The molecule has 1 atom stereocenters. The van der Waals surface area contributed by atoms with Gasteiger partial charge in [-0.1, -0.05) is 0 Å². The standard InChI is InChI=1S/C8H17NO3S/c1-2-12-8(11)7(9)6-13-5-3-4-10/h7,10H,2-6,9H2,1H3/t7-/m0/s1. The molecular formula is C8H17NO3S. The van der Waals surface area contributed by atoms with Gasteiger partial charge in [-0.2, -0.15) is 11.8 Å². The molecule has 0 heterocycles. The molecule has 0 saturated heterocycles. The molecule has 0 unspecified atom stereocenters. The third kappa shape index (κ3) is 6.86. The summed E-state index contributed by atoms with van der Waals surface area (Å²) in [6.45, 7) is 2.30. The van der Waals surface area contributed by atoms with Gasteiger partial charge in [0.2, 0.25) is 0 Å². The first-order chi connectivity index (χ1) is 6.22. The van der Waals surface area contributed by atoms with Crippen LogP contribution in [0.1, 0.15) is 13.3 Å². The first kappa shape index (κ1) is 12.7. The van der Waals surface area contributed by atoms with Crippen LogP contribution in [-0.2, 0) is 9.53 Å². The maximum absolute atomic E-state index is 11.0. The van der Waals surface area contributed by atoms with E-state index in [9.17, 15) is 4.79 Å². The topological polar surface area (TPSA) is 72.5 Å². The van der Waals surface area contributed by atoms with Crippen molar-refractivity contribution in [1.29, 1.82) is 0 Å². The van der Waals surface area contributed by atoms with Crippen molar-refractivity contribution in [3.63, 3.8) is 0 Å². The fourth-order valence-electron chi connectivity index (χ4n) is 0.694. The fourth-order valence-corrected chi connectivity index (χ4v) is 1.58. The van der Waals surface area contributed by atoms with Crippen LogP contribution in [0.2, 0.25) is 0 Å². The van der Waals surface area contributed by atoms with Gasteiger partial charge in [0.15, 0.2) is 0 Å². The Morgan fingerprint density at radius 1 is 1.69 bits per heavy atom. The third-order valence-corrected chi connectivity index (χ3v) is 2.51. The number of carbonyl (C=O) groups is 1. The van der Waals surface area contributed by atoms with Gasteiger partial charge in [0.25, 0.3) is 0 Å². The molecule has 0 aromatic carbocycles. The lowest BCUT2D eigenvalue weighted by atomic mass is 10.4. The molecular weight excluding hydrogens is 190 g/mol. The van der Waals surface area contributed by atoms with Gasteiger partial charge >= 0.3 is 5.97 Å². The van der Waals surface area contributed by atoms with Gasteiger partial charge in [0.05, 0.1) is 6.61 Å². The van der Waals surface area contributed by atoms with Gasteiger partial charge in [-0.05, 0) is 19.1 Å². The Hall–Kier alpha value is -0.260. The summed E-state index contributed by atoms with van der Waals surface area (Å²) < 4.78 is 4.73. The highest BCUT2D eigenvalue weighted by atomic mass is 32.2. The first-order valence-electron chi connectivity index (χ1n) is 4.33. The second-order valence-electron chi connectivity index (χ2n) is 2.51. The Morgan fingerprint density at radius 3 is 2.92 bits per heavy atom. The van der Waals surface area contributed by atoms with Gasteiger partial charge in [0, 0.05) is 12.4 Å². The largest absolute Gasteiger partial charge is 0.465 e. The van der Waals surface area contributed by atoms with E-state index in [0.717, 1.165) is 12.2 Å². The van der Waals surface area contributed by atoms with Crippen molar-refractivity contribution in [2.24, 2.45) is 5.73 Å². The SMILES string of the molecule is CCOC(=O)[C@@H](N)CSCCCO. The Morgan fingerprint density at radius 2 is 2.38 bits per heavy atom. The van der Waals surface area contributed by atoms with Crippen LogP contribution in [0.5, 0.6) is 0 Å². The normalized spacial score (nSPS) is 12.5. The average molecular weight is 207 g/mol. The zero-order valence-corrected chi connectivity index (χ0v) is 8.68. The van der Waals surface area contributed by atoms with Gasteiger partial charge in [-0.15, -0.1) is 0 Å². The molecule has 0 aromatic rings. The van der Waals surface area contributed by atoms with Crippen molar-refractivity contribution in [3.8, 4) is 0 Å². The quantitative estimate of drug-likeness (QED) is 0.454. The molecule has 78 valence electrons. The summed E-state index contributed by atoms with van der Waals surface area (Å²) in [6, 6.07) is -0.538. The van der Waals surface area contributed by atoms with Crippen molar-refractivity contribution in [2.45, 2.75) is 19.4 Å². The lowest BCUT2D eigenvalue weighted by Gasteiger charge is -2.09. The molecule has 0 saturated carbocycles. The Labute approximate surface area is 82.8 Å². The highest BCUT2D eigenvalue weighted by Crippen LogP contribution is 2.04. The van der Waals surface area contributed by atoms with E-state index in [2.05, 4.69) is 0 Å². The lowest BCUT2D eigenvalue weighted by Crippen LogP contribution is -2.34. The summed E-state index contributed by atoms with van der Waals surface area (Å²) in [7, 11) is 0. The number of aliphatic hydroxyl groups excluding tert-OH is 1. The minimum Gasteiger partial charge on any atom is -0.465 e. The molecule has 0 rings (SSSR count). The number of ether oxygens (including phenoxy) is 1. The average Bonchev–Trinajstić information content (AvgIpc) is 2.12. The number of carbonyl (C=O) groups excluding carboxylic acids is 1. The van der Waals surface area contributed by atoms with Gasteiger partial charge in [0.1, 0.15) is 6.04 Å². The monoisotopic (exact) mass is 207 g/mol. The molecule has 0 amide bonds. The summed E-state index contributed by atoms with van der Waals surface area (Å²) >= 11 is 1.55. The van der Waals surface area contributed by atoms with Crippen molar-refractivity contribution < 1.29 is 14.6 Å². The smallest absolute Gasteiger partial charge is 0.323 e. The second-order valence-corrected chi connectivity index (χ2v) is 3.66. The number of hydrogen-bond acceptors (Lipinski definition) is 5. The second kappa shape index (κ2) is 8.34. The summed E-state index contributed by atoms with van der Waals surface area (Å²) in [5.74, 6) is 1.03. The maximum atomic E-state index is 11.0. The summed E-state index contributed by atoms with van der Waals surface area (Å²) in [4.78, 5) is 11.0. The van der Waals surface area contributed by atoms with Crippen LogP contribution in [0.3, 0.4) is 0 Å². The van der Waals surface area contributed by atoms with Crippen LogP contribution in [-0.4, -0.2) is 41.8 Å². The number of esters is 1. The van der Waals surface area contributed by atoms with Crippen molar-refractivity contribution in [1.82, 2.24) is 0 Å². The molecule has 0 radical (unpaired) electrons. The minimum absolute atomic E-state index is 0.182. The Balaban J connectivity index is 3.38. The molecule has 0 aliphatic rings. The molecule has 4 nitrogen and oxygen atoms in total. The molecule has 5 heteroatoms. The predicted octanol–water partition coefficient (Wildman–Crippen LogP) is -0.00760. The first-order valence-corrected chi connectivity index (χ1v) is 5.48. The minimum atomic E-state index is -0.538. The van der Waals surface area contributed by atoms with Crippen molar-refractivity contribution >= 4 is 17.7 Å². The molecule has 0 bridgehead atoms. The zero-order valence-electron chi connectivity index (χ0n) is 7.86. The summed E-state index contributed by atoms with van der Waals surface area (Å²) in [5.41, 5.74) is 5.53. The van der Waals surface area contributed by atoms with E-state index in [-0.39, 0.29) is 12.6 Å². The highest BCUT2D eigenvalue weighted by molar-refractivity contribution is 7.99. The fraction of sp³-hybridized carbons (Fsp3) is 0.875. The molecule has 3 N–H and O–H groups in total. The van der Waals surface area contributed by atoms with Gasteiger partial charge in [-0.3, -0.25) is 4.79 Å². The van der Waals surface area contributed by atoms with E-state index in [0.29, 0.717) is 12.4 Å². The molecule has 0 aliphatic heterocycles. The number of hydrogen-bond donors (Lipinski definition) is 2. The molecule has 0 aromatic heterocycles. The van der Waals surface area contributed by atoms with E-state index in [1.54, 1.807) is 18.7 Å². The summed E-state index contributed by atoms with van der Waals surface area (Å²) in [5, 5.41) is 8.49. The Bertz CT molecular complexity index is 143. The Kier molecular flexibility index (Phi) is 8.18. The summed E-state index contributed by atoms with van der Waals surface area (Å²) in [6.07, 6.45) is 0.736. The molecule has 0 fully saturated rings. The van der Waals surface area contributed by atoms with Crippen LogP contribution in [0.4, 0.5) is 0 Å². The lowest BCUT2D eigenvalue weighted by molar-refractivity contribution is -0.144. The molecule has 0 spiro atoms. The highest BCUT2D eigenvalue weighted by Gasteiger charge is 2.13. The van der Waals surface area contributed by atoms with E-state index >= 15 is 0 Å². The van der Waals surface area contributed by atoms with E-state index in [1.807, 2.05) is 0 Å². The van der Waals surface area contributed by atoms with Crippen LogP contribution in [0.25, 0.3) is 0 Å². The van der Waals surface area contributed by atoms with Crippen LogP contribution in [0.15, 0.2) is 0 Å². The van der Waals surface area contributed by atoms with Gasteiger partial charge in [-0.25, -0.2) is 0 Å². The van der Waals surface area contributed by atoms with E-state index < -0.39 is 6.04 Å². The van der Waals surface area contributed by atoms with Crippen LogP contribution >= 0.6 is 11.8 Å². The van der Waals surface area contributed by atoms with Crippen LogP contribution < -0.4 is 5.73 Å². The maximum Gasteiger partial charge on any atom is 0.323 e. The van der Waals surface area contributed by atoms with E-state index in [4.69, 9.17) is 15.6 Å². The number of nitrogens with two attached hydrogens (primary N) is 1. The van der Waals surface area contributed by atoms with Crippen LogP contribution in [0, 0.1) is 0 Å². The number of aliphatic hydroxyl groups is 1. The van der Waals surface area contributed by atoms with E-state index in [1.165, 1.54) is 0 Å². The number of rotatable bonds is 7. The zero-order chi connectivity index (χ0) is 10.1.